The first kappa shape index (κ1) is 25.0. The first-order valence-electron chi connectivity index (χ1n) is 11.9. The number of hydrogen-bond acceptors (Lipinski definition) is 1. The van der Waals surface area contributed by atoms with Gasteiger partial charge >= 0.3 is 0 Å². The quantitative estimate of drug-likeness (QED) is 0.199. The molecule has 0 heterocycles. The van der Waals surface area contributed by atoms with E-state index in [0.29, 0.717) is 0 Å². The van der Waals surface area contributed by atoms with E-state index in [1.807, 2.05) is 0 Å². The van der Waals surface area contributed by atoms with Gasteiger partial charge in [-0.1, -0.05) is 105 Å². The fraction of sp³-hybridized carbons (Fsp3) is 1.00. The van der Waals surface area contributed by atoms with E-state index in [1.165, 1.54) is 122 Å². The first-order chi connectivity index (χ1) is 12.2. The van der Waals surface area contributed by atoms with E-state index >= 15 is 0 Å². The largest absolute Gasteiger partial charge is 0.303 e. The van der Waals surface area contributed by atoms with Crippen LogP contribution in [-0.4, -0.2) is 24.5 Å². The monoisotopic (exact) mass is 353 g/mol. The molecule has 1 nitrogen and oxygen atoms in total. The summed E-state index contributed by atoms with van der Waals surface area (Å²) in [6.45, 7) is 13.4. The fourth-order valence-corrected chi connectivity index (χ4v) is 3.64. The number of hydrogen-bond donors (Lipinski definition) is 0. The van der Waals surface area contributed by atoms with Gasteiger partial charge in [-0.15, -0.1) is 0 Å². The third-order valence-corrected chi connectivity index (χ3v) is 5.41. The molecule has 0 aromatic heterocycles. The Morgan fingerprint density at radius 2 is 0.840 bits per heavy atom. The molecule has 0 aliphatic carbocycles. The highest BCUT2D eigenvalue weighted by atomic mass is 15.1. The Morgan fingerprint density at radius 1 is 0.480 bits per heavy atom. The van der Waals surface area contributed by atoms with Crippen LogP contribution in [0.4, 0.5) is 0 Å². The summed E-state index contributed by atoms with van der Waals surface area (Å²) in [5.74, 6) is 0.860. The Labute approximate surface area is 161 Å². The average molecular weight is 354 g/mol. The molecule has 0 aromatic rings. The lowest BCUT2D eigenvalue weighted by Crippen LogP contribution is -2.27. The summed E-state index contributed by atoms with van der Waals surface area (Å²) in [6.07, 6.45) is 22.8. The molecule has 0 spiro atoms. The van der Waals surface area contributed by atoms with Crippen LogP contribution < -0.4 is 0 Å². The molecule has 0 amide bonds. The van der Waals surface area contributed by atoms with Gasteiger partial charge in [-0.3, -0.25) is 0 Å². The summed E-state index contributed by atoms with van der Waals surface area (Å²) in [7, 11) is 0. The van der Waals surface area contributed by atoms with Crippen LogP contribution in [0, 0.1) is 5.92 Å². The van der Waals surface area contributed by atoms with Gasteiger partial charge in [0.25, 0.3) is 0 Å². The van der Waals surface area contributed by atoms with E-state index < -0.39 is 0 Å². The van der Waals surface area contributed by atoms with Gasteiger partial charge in [0.2, 0.25) is 0 Å². The van der Waals surface area contributed by atoms with Crippen molar-refractivity contribution in [2.75, 3.05) is 19.6 Å². The Kier molecular flexibility index (Phi) is 20.2. The van der Waals surface area contributed by atoms with Gasteiger partial charge in [-0.2, -0.15) is 0 Å². The van der Waals surface area contributed by atoms with E-state index in [2.05, 4.69) is 32.6 Å². The molecular formula is C24H51N. The first-order valence-corrected chi connectivity index (χ1v) is 11.9. The third kappa shape index (κ3) is 20.1. The third-order valence-electron chi connectivity index (χ3n) is 5.41. The minimum Gasteiger partial charge on any atom is -0.303 e. The predicted molar refractivity (Wildman–Crippen MR) is 116 cm³/mol. The maximum Gasteiger partial charge on any atom is -0.00186 e. The normalized spacial score (nSPS) is 11.8. The van der Waals surface area contributed by atoms with Crippen molar-refractivity contribution in [2.45, 2.75) is 130 Å². The zero-order valence-electron chi connectivity index (χ0n) is 18.5. The Bertz CT molecular complexity index is 218. The van der Waals surface area contributed by atoms with Crippen LogP contribution in [0.1, 0.15) is 130 Å². The minimum atomic E-state index is 0.860. The summed E-state index contributed by atoms with van der Waals surface area (Å²) in [5.41, 5.74) is 0. The summed E-state index contributed by atoms with van der Waals surface area (Å²) < 4.78 is 0. The second-order valence-corrected chi connectivity index (χ2v) is 8.62. The molecule has 0 aromatic carbocycles. The van der Waals surface area contributed by atoms with Crippen LogP contribution in [0.15, 0.2) is 0 Å². The van der Waals surface area contributed by atoms with Crippen LogP contribution in [0.2, 0.25) is 0 Å². The molecule has 0 saturated carbocycles. The highest BCUT2D eigenvalue weighted by Gasteiger charge is 2.05. The molecule has 0 N–H and O–H groups in total. The van der Waals surface area contributed by atoms with Gasteiger partial charge in [0.05, 0.1) is 0 Å². The summed E-state index contributed by atoms with van der Waals surface area (Å²) in [5, 5.41) is 0. The lowest BCUT2D eigenvalue weighted by atomic mass is 10.1. The molecule has 0 radical (unpaired) electrons. The van der Waals surface area contributed by atoms with E-state index in [4.69, 9.17) is 0 Å². The van der Waals surface area contributed by atoms with E-state index in [1.54, 1.807) is 0 Å². The molecule has 152 valence electrons. The lowest BCUT2D eigenvalue weighted by molar-refractivity contribution is 0.251. The molecule has 25 heavy (non-hydrogen) atoms. The molecule has 0 fully saturated rings. The summed E-state index contributed by atoms with van der Waals surface area (Å²) in [6, 6.07) is 0. The predicted octanol–water partition coefficient (Wildman–Crippen LogP) is 8.23. The van der Waals surface area contributed by atoms with Crippen LogP contribution >= 0.6 is 0 Å². The molecule has 0 aliphatic heterocycles. The average Bonchev–Trinajstić information content (AvgIpc) is 2.59. The smallest absolute Gasteiger partial charge is 0.00186 e. The number of rotatable bonds is 20. The zero-order chi connectivity index (χ0) is 18.6. The van der Waals surface area contributed by atoms with Crippen molar-refractivity contribution in [1.82, 2.24) is 4.90 Å². The van der Waals surface area contributed by atoms with Gasteiger partial charge in [0, 0.05) is 0 Å². The molecule has 0 aliphatic rings. The Balaban J connectivity index is 3.74. The van der Waals surface area contributed by atoms with Crippen molar-refractivity contribution in [3.8, 4) is 0 Å². The molecule has 0 unspecified atom stereocenters. The van der Waals surface area contributed by atoms with Crippen LogP contribution in [0.5, 0.6) is 0 Å². The molecular weight excluding hydrogens is 302 g/mol. The Morgan fingerprint density at radius 3 is 1.24 bits per heavy atom. The van der Waals surface area contributed by atoms with E-state index in [-0.39, 0.29) is 0 Å². The molecule has 0 atom stereocenters. The van der Waals surface area contributed by atoms with Crippen LogP contribution in [0.25, 0.3) is 0 Å². The van der Waals surface area contributed by atoms with Gasteiger partial charge in [0.1, 0.15) is 0 Å². The fourth-order valence-electron chi connectivity index (χ4n) is 3.64. The van der Waals surface area contributed by atoms with Crippen molar-refractivity contribution >= 4 is 0 Å². The van der Waals surface area contributed by atoms with Crippen molar-refractivity contribution < 1.29 is 0 Å². The second kappa shape index (κ2) is 20.3. The van der Waals surface area contributed by atoms with Gasteiger partial charge in [-0.25, -0.2) is 0 Å². The lowest BCUT2D eigenvalue weighted by Gasteiger charge is -2.23. The van der Waals surface area contributed by atoms with Gasteiger partial charge in [0.15, 0.2) is 0 Å². The van der Waals surface area contributed by atoms with Crippen LogP contribution in [0.3, 0.4) is 0 Å². The Hall–Kier alpha value is -0.0400. The molecule has 0 saturated heterocycles. The van der Waals surface area contributed by atoms with E-state index in [9.17, 15) is 0 Å². The summed E-state index contributed by atoms with van der Waals surface area (Å²) >= 11 is 0. The SMILES string of the molecule is CCCCCCCCCN(CCCCCCCCC)CCCC(C)C. The number of nitrogens with zero attached hydrogens (tertiary/aromatic N) is 1. The molecule has 0 bridgehead atoms. The number of unbranched alkanes of at least 4 members (excludes halogenated alkanes) is 12. The second-order valence-electron chi connectivity index (χ2n) is 8.62. The van der Waals surface area contributed by atoms with Crippen LogP contribution in [-0.2, 0) is 0 Å². The highest BCUT2D eigenvalue weighted by Crippen LogP contribution is 2.12. The highest BCUT2D eigenvalue weighted by molar-refractivity contribution is 4.61. The molecule has 0 rings (SSSR count). The van der Waals surface area contributed by atoms with Crippen molar-refractivity contribution in [3.05, 3.63) is 0 Å². The standard InChI is InChI=1S/C24H51N/c1-5-7-9-11-13-15-17-21-25(23-19-20-24(3)4)22-18-16-14-12-10-8-6-2/h24H,5-23H2,1-4H3. The van der Waals surface area contributed by atoms with Crippen molar-refractivity contribution in [3.63, 3.8) is 0 Å². The minimum absolute atomic E-state index is 0.860. The van der Waals surface area contributed by atoms with Gasteiger partial charge in [-0.05, 0) is 51.2 Å². The topological polar surface area (TPSA) is 3.24 Å². The molecule has 1 heteroatoms. The maximum atomic E-state index is 2.78. The van der Waals surface area contributed by atoms with Crippen molar-refractivity contribution in [1.29, 1.82) is 0 Å². The van der Waals surface area contributed by atoms with Gasteiger partial charge < -0.3 is 4.90 Å². The summed E-state index contributed by atoms with van der Waals surface area (Å²) in [4.78, 5) is 2.78. The zero-order valence-corrected chi connectivity index (χ0v) is 18.5. The van der Waals surface area contributed by atoms with Crippen molar-refractivity contribution in [2.24, 2.45) is 5.92 Å². The maximum absolute atomic E-state index is 2.78. The van der Waals surface area contributed by atoms with E-state index in [0.717, 1.165) is 5.92 Å².